The lowest BCUT2D eigenvalue weighted by atomic mass is 10.2. The van der Waals surface area contributed by atoms with Crippen molar-refractivity contribution in [1.29, 1.82) is 0 Å². The summed E-state index contributed by atoms with van der Waals surface area (Å²) in [7, 11) is 1.64. The van der Waals surface area contributed by atoms with Crippen molar-refractivity contribution in [3.8, 4) is 5.75 Å². The van der Waals surface area contributed by atoms with E-state index in [9.17, 15) is 0 Å². The lowest BCUT2D eigenvalue weighted by molar-refractivity contribution is 0.415. The highest BCUT2D eigenvalue weighted by atomic mass is 16.5. The van der Waals surface area contributed by atoms with Crippen molar-refractivity contribution >= 4 is 22.6 Å². The highest BCUT2D eigenvalue weighted by molar-refractivity contribution is 5.92. The van der Waals surface area contributed by atoms with Crippen molar-refractivity contribution in [3.05, 3.63) is 60.4 Å². The van der Waals surface area contributed by atoms with Crippen LogP contribution in [0.5, 0.6) is 5.75 Å². The SMILES string of the molecule is COc1ccc(NC(N)=NCCc2cc3ccccc3o2)cc1. The van der Waals surface area contributed by atoms with E-state index in [0.29, 0.717) is 18.9 Å². The van der Waals surface area contributed by atoms with Crippen molar-refractivity contribution < 1.29 is 9.15 Å². The van der Waals surface area contributed by atoms with E-state index in [1.54, 1.807) is 7.11 Å². The summed E-state index contributed by atoms with van der Waals surface area (Å²) in [5.74, 6) is 2.09. The molecule has 2 aromatic carbocycles. The van der Waals surface area contributed by atoms with E-state index < -0.39 is 0 Å². The molecule has 5 heteroatoms. The van der Waals surface area contributed by atoms with E-state index in [4.69, 9.17) is 14.9 Å². The number of methoxy groups -OCH3 is 1. The molecule has 0 saturated heterocycles. The topological polar surface area (TPSA) is 72.8 Å². The molecule has 3 rings (SSSR count). The lowest BCUT2D eigenvalue weighted by Crippen LogP contribution is -2.23. The molecule has 118 valence electrons. The Morgan fingerprint density at radius 3 is 2.70 bits per heavy atom. The van der Waals surface area contributed by atoms with E-state index in [1.807, 2.05) is 54.6 Å². The Morgan fingerprint density at radius 2 is 1.96 bits per heavy atom. The van der Waals surface area contributed by atoms with Crippen LogP contribution in [0.2, 0.25) is 0 Å². The summed E-state index contributed by atoms with van der Waals surface area (Å²) in [5.41, 5.74) is 7.66. The van der Waals surface area contributed by atoms with Crippen LogP contribution in [0.15, 0.2) is 64.0 Å². The molecule has 0 aliphatic rings. The smallest absolute Gasteiger partial charge is 0.193 e. The third-order valence-corrected chi connectivity index (χ3v) is 3.48. The maximum absolute atomic E-state index is 5.89. The Bertz CT molecular complexity index is 774. The molecule has 0 atom stereocenters. The quantitative estimate of drug-likeness (QED) is 0.559. The van der Waals surface area contributed by atoms with Crippen LogP contribution in [-0.4, -0.2) is 19.6 Å². The second kappa shape index (κ2) is 6.87. The number of benzene rings is 2. The molecule has 0 aliphatic heterocycles. The highest BCUT2D eigenvalue weighted by Crippen LogP contribution is 2.19. The fourth-order valence-electron chi connectivity index (χ4n) is 2.31. The van der Waals surface area contributed by atoms with Gasteiger partial charge in [0.2, 0.25) is 0 Å². The molecule has 0 radical (unpaired) electrons. The van der Waals surface area contributed by atoms with Crippen molar-refractivity contribution in [3.63, 3.8) is 0 Å². The largest absolute Gasteiger partial charge is 0.497 e. The number of rotatable bonds is 5. The van der Waals surface area contributed by atoms with E-state index in [1.165, 1.54) is 0 Å². The zero-order valence-corrected chi connectivity index (χ0v) is 13.0. The number of nitrogens with one attached hydrogen (secondary N) is 1. The molecule has 1 aromatic heterocycles. The van der Waals surface area contributed by atoms with Crippen LogP contribution in [0, 0.1) is 0 Å². The molecular weight excluding hydrogens is 290 g/mol. The van der Waals surface area contributed by atoms with Crippen LogP contribution in [0.3, 0.4) is 0 Å². The molecular formula is C18H19N3O2. The van der Waals surface area contributed by atoms with Crippen LogP contribution >= 0.6 is 0 Å². The van der Waals surface area contributed by atoms with Gasteiger partial charge in [-0.05, 0) is 36.4 Å². The van der Waals surface area contributed by atoms with Gasteiger partial charge in [-0.2, -0.15) is 0 Å². The summed E-state index contributed by atoms with van der Waals surface area (Å²) < 4.78 is 10.9. The average molecular weight is 309 g/mol. The first-order chi connectivity index (χ1) is 11.2. The predicted octanol–water partition coefficient (Wildman–Crippen LogP) is 3.41. The van der Waals surface area contributed by atoms with Gasteiger partial charge in [-0.1, -0.05) is 18.2 Å². The molecule has 0 bridgehead atoms. The fraction of sp³-hybridized carbons (Fsp3) is 0.167. The summed E-state index contributed by atoms with van der Waals surface area (Å²) in [6, 6.07) is 17.5. The van der Waals surface area contributed by atoms with Gasteiger partial charge in [0.05, 0.1) is 7.11 Å². The maximum atomic E-state index is 5.89. The molecule has 0 unspecified atom stereocenters. The summed E-state index contributed by atoms with van der Waals surface area (Å²) >= 11 is 0. The molecule has 3 aromatic rings. The zero-order valence-electron chi connectivity index (χ0n) is 13.0. The van der Waals surface area contributed by atoms with Gasteiger partial charge >= 0.3 is 0 Å². The molecule has 3 N–H and O–H groups in total. The Hall–Kier alpha value is -2.95. The van der Waals surface area contributed by atoms with Gasteiger partial charge in [-0.3, -0.25) is 4.99 Å². The summed E-state index contributed by atoms with van der Waals surface area (Å²) in [6.45, 7) is 0.564. The lowest BCUT2D eigenvalue weighted by Gasteiger charge is -2.06. The first kappa shape index (κ1) is 15.0. The van der Waals surface area contributed by atoms with E-state index in [0.717, 1.165) is 28.2 Å². The van der Waals surface area contributed by atoms with E-state index >= 15 is 0 Å². The van der Waals surface area contributed by atoms with Crippen LogP contribution in [0.25, 0.3) is 11.0 Å². The number of hydrogen-bond donors (Lipinski definition) is 2. The highest BCUT2D eigenvalue weighted by Gasteiger charge is 2.02. The van der Waals surface area contributed by atoms with E-state index in [2.05, 4.69) is 10.3 Å². The Morgan fingerprint density at radius 1 is 1.17 bits per heavy atom. The number of aliphatic imine (C=N–C) groups is 1. The van der Waals surface area contributed by atoms with Crippen molar-refractivity contribution in [2.75, 3.05) is 19.0 Å². The fourth-order valence-corrected chi connectivity index (χ4v) is 2.31. The maximum Gasteiger partial charge on any atom is 0.193 e. The summed E-state index contributed by atoms with van der Waals surface area (Å²) in [4.78, 5) is 4.32. The van der Waals surface area contributed by atoms with Crippen molar-refractivity contribution in [2.45, 2.75) is 6.42 Å². The molecule has 0 amide bonds. The van der Waals surface area contributed by atoms with Gasteiger partial charge < -0.3 is 20.2 Å². The molecule has 0 aliphatic carbocycles. The van der Waals surface area contributed by atoms with Crippen molar-refractivity contribution in [2.24, 2.45) is 10.7 Å². The van der Waals surface area contributed by atoms with E-state index in [-0.39, 0.29) is 0 Å². The summed E-state index contributed by atoms with van der Waals surface area (Å²) in [6.07, 6.45) is 0.708. The first-order valence-corrected chi connectivity index (χ1v) is 7.43. The van der Waals surface area contributed by atoms with Crippen LogP contribution < -0.4 is 15.8 Å². The van der Waals surface area contributed by atoms with Crippen molar-refractivity contribution in [1.82, 2.24) is 0 Å². The molecule has 23 heavy (non-hydrogen) atoms. The monoisotopic (exact) mass is 309 g/mol. The number of fused-ring (bicyclic) bond motifs is 1. The first-order valence-electron chi connectivity index (χ1n) is 7.43. The van der Waals surface area contributed by atoms with Crippen LogP contribution in [0.1, 0.15) is 5.76 Å². The third-order valence-electron chi connectivity index (χ3n) is 3.48. The number of nitrogens with zero attached hydrogens (tertiary/aromatic N) is 1. The molecule has 0 spiro atoms. The molecule has 0 saturated carbocycles. The van der Waals surface area contributed by atoms with Gasteiger partial charge in [0.1, 0.15) is 17.1 Å². The number of furan rings is 1. The number of para-hydroxylation sites is 1. The minimum Gasteiger partial charge on any atom is -0.497 e. The van der Waals surface area contributed by atoms with Gasteiger partial charge in [0, 0.05) is 24.0 Å². The number of ether oxygens (including phenoxy) is 1. The van der Waals surface area contributed by atoms with Crippen LogP contribution in [0.4, 0.5) is 5.69 Å². The third kappa shape index (κ3) is 3.83. The average Bonchev–Trinajstić information content (AvgIpc) is 2.98. The Kier molecular flexibility index (Phi) is 4.47. The zero-order chi connectivity index (χ0) is 16.1. The second-order valence-electron chi connectivity index (χ2n) is 5.12. The minimum atomic E-state index is 0.381. The number of guanidine groups is 1. The second-order valence-corrected chi connectivity index (χ2v) is 5.12. The number of nitrogens with two attached hydrogens (primary N) is 1. The summed E-state index contributed by atoms with van der Waals surface area (Å²) in [5, 5.41) is 4.15. The normalized spacial score (nSPS) is 11.6. The molecule has 0 fully saturated rings. The molecule has 5 nitrogen and oxygen atoms in total. The predicted molar refractivity (Wildman–Crippen MR) is 93.0 cm³/mol. The van der Waals surface area contributed by atoms with Crippen LogP contribution in [-0.2, 0) is 6.42 Å². The van der Waals surface area contributed by atoms with Gasteiger partial charge in [0.25, 0.3) is 0 Å². The standard InChI is InChI=1S/C18H19N3O2/c1-22-15-8-6-14(7-9-15)21-18(19)20-11-10-16-12-13-4-2-3-5-17(13)23-16/h2-9,12H,10-11H2,1H3,(H3,19,20,21). The molecule has 1 heterocycles. The Labute approximate surface area is 134 Å². The number of hydrogen-bond acceptors (Lipinski definition) is 3. The van der Waals surface area contributed by atoms with Gasteiger partial charge in [0.15, 0.2) is 5.96 Å². The minimum absolute atomic E-state index is 0.381. The van der Waals surface area contributed by atoms with Gasteiger partial charge in [-0.25, -0.2) is 0 Å². The Balaban J connectivity index is 1.56. The van der Waals surface area contributed by atoms with Gasteiger partial charge in [-0.15, -0.1) is 0 Å². The number of anilines is 1.